The van der Waals surface area contributed by atoms with Gasteiger partial charge in [0.2, 0.25) is 5.91 Å². The van der Waals surface area contributed by atoms with Crippen molar-refractivity contribution in [1.29, 1.82) is 0 Å². The van der Waals surface area contributed by atoms with Gasteiger partial charge in [0.05, 0.1) is 0 Å². The zero-order valence-corrected chi connectivity index (χ0v) is 10.9. The molecule has 1 amide bonds. The van der Waals surface area contributed by atoms with E-state index in [-0.39, 0.29) is 5.91 Å². The number of aromatic nitrogens is 1. The number of carbonyl (C=O) groups excluding carboxylic acids is 1. The minimum Gasteiger partial charge on any atom is -0.349 e. The van der Waals surface area contributed by atoms with Gasteiger partial charge in [0.25, 0.3) is 0 Å². The van der Waals surface area contributed by atoms with Gasteiger partial charge >= 0.3 is 0 Å². The van der Waals surface area contributed by atoms with Gasteiger partial charge in [0.1, 0.15) is 0 Å². The number of pyridine rings is 1. The van der Waals surface area contributed by atoms with Crippen LogP contribution in [-0.4, -0.2) is 36.4 Å². The van der Waals surface area contributed by atoms with Crippen LogP contribution in [0.4, 0.5) is 0 Å². The third-order valence-corrected chi connectivity index (χ3v) is 2.54. The molecule has 1 heterocycles. The number of nitrogens with one attached hydrogen (secondary N) is 1. The van der Waals surface area contributed by atoms with Crippen molar-refractivity contribution in [2.45, 2.75) is 26.3 Å². The molecule has 0 aliphatic carbocycles. The summed E-state index contributed by atoms with van der Waals surface area (Å²) in [5.41, 5.74) is 2.21. The normalized spacial score (nSPS) is 10.3. The lowest BCUT2D eigenvalue weighted by molar-refractivity contribution is -0.128. The highest BCUT2D eigenvalue weighted by Crippen LogP contribution is 1.99. The number of nitrogens with zero attached hydrogens (tertiary/aromatic N) is 2. The molecule has 4 nitrogen and oxygen atoms in total. The van der Waals surface area contributed by atoms with Crippen molar-refractivity contribution in [3.8, 4) is 0 Å². The first-order valence-corrected chi connectivity index (χ1v) is 5.92. The van der Waals surface area contributed by atoms with E-state index in [9.17, 15) is 4.79 Å². The molecule has 0 spiro atoms. The Morgan fingerprint density at radius 3 is 2.76 bits per heavy atom. The molecule has 4 heteroatoms. The van der Waals surface area contributed by atoms with Crippen molar-refractivity contribution in [3.05, 3.63) is 29.6 Å². The zero-order valence-electron chi connectivity index (χ0n) is 10.9. The molecule has 0 unspecified atom stereocenters. The monoisotopic (exact) mass is 235 g/mol. The van der Waals surface area contributed by atoms with Gasteiger partial charge in [-0.15, -0.1) is 0 Å². The largest absolute Gasteiger partial charge is 0.349 e. The van der Waals surface area contributed by atoms with E-state index in [1.165, 1.54) is 5.56 Å². The number of carbonyl (C=O) groups is 1. The van der Waals surface area contributed by atoms with Crippen molar-refractivity contribution in [1.82, 2.24) is 15.2 Å². The van der Waals surface area contributed by atoms with Crippen LogP contribution >= 0.6 is 0 Å². The SMILES string of the molecule is Cc1ccc(CNCCCC(=O)N(C)C)cn1. The van der Waals surface area contributed by atoms with Crippen LogP contribution in [-0.2, 0) is 11.3 Å². The molecule has 0 aliphatic heterocycles. The second-order valence-electron chi connectivity index (χ2n) is 4.38. The van der Waals surface area contributed by atoms with Gasteiger partial charge in [-0.1, -0.05) is 6.07 Å². The Morgan fingerprint density at radius 2 is 2.18 bits per heavy atom. The van der Waals surface area contributed by atoms with Crippen LogP contribution in [0.25, 0.3) is 0 Å². The molecule has 0 aliphatic rings. The van der Waals surface area contributed by atoms with E-state index in [1.54, 1.807) is 19.0 Å². The summed E-state index contributed by atoms with van der Waals surface area (Å²) in [5, 5.41) is 3.30. The fourth-order valence-electron chi connectivity index (χ4n) is 1.42. The highest BCUT2D eigenvalue weighted by Gasteiger charge is 2.02. The fraction of sp³-hybridized carbons (Fsp3) is 0.538. The second kappa shape index (κ2) is 7.01. The van der Waals surface area contributed by atoms with Crippen molar-refractivity contribution in [2.24, 2.45) is 0 Å². The van der Waals surface area contributed by atoms with Gasteiger partial charge in [-0.05, 0) is 31.5 Å². The number of aryl methyl sites for hydroxylation is 1. The summed E-state index contributed by atoms with van der Waals surface area (Å²) in [4.78, 5) is 17.2. The average Bonchev–Trinajstić information content (AvgIpc) is 2.30. The standard InChI is InChI=1S/C13H21N3O/c1-11-6-7-12(10-15-11)9-14-8-4-5-13(17)16(2)3/h6-7,10,14H,4-5,8-9H2,1-3H3. The molecular formula is C13H21N3O. The van der Waals surface area contributed by atoms with Gasteiger partial charge < -0.3 is 10.2 Å². The quantitative estimate of drug-likeness (QED) is 0.757. The topological polar surface area (TPSA) is 45.2 Å². The second-order valence-corrected chi connectivity index (χ2v) is 4.38. The summed E-state index contributed by atoms with van der Waals surface area (Å²) in [6.07, 6.45) is 3.36. The van der Waals surface area contributed by atoms with Crippen LogP contribution in [0.5, 0.6) is 0 Å². The number of hydrogen-bond acceptors (Lipinski definition) is 3. The molecule has 0 atom stereocenters. The molecule has 0 fully saturated rings. The first kappa shape index (κ1) is 13.6. The molecule has 0 aromatic carbocycles. The summed E-state index contributed by atoms with van der Waals surface area (Å²) in [7, 11) is 3.57. The van der Waals surface area contributed by atoms with Crippen molar-refractivity contribution >= 4 is 5.91 Å². The molecule has 17 heavy (non-hydrogen) atoms. The molecule has 0 saturated heterocycles. The third kappa shape index (κ3) is 5.45. The lowest BCUT2D eigenvalue weighted by Crippen LogP contribution is -2.23. The van der Waals surface area contributed by atoms with Gasteiger partial charge in [-0.3, -0.25) is 9.78 Å². The van der Waals surface area contributed by atoms with E-state index in [1.807, 2.05) is 19.2 Å². The summed E-state index contributed by atoms with van der Waals surface area (Å²) in [5.74, 6) is 0.184. The zero-order chi connectivity index (χ0) is 12.7. The number of rotatable bonds is 6. The van der Waals surface area contributed by atoms with Crippen LogP contribution in [0.2, 0.25) is 0 Å². The lowest BCUT2D eigenvalue weighted by atomic mass is 10.2. The minimum absolute atomic E-state index is 0.184. The highest BCUT2D eigenvalue weighted by atomic mass is 16.2. The molecule has 94 valence electrons. The Labute approximate surface area is 103 Å². The molecule has 1 rings (SSSR count). The Bertz CT molecular complexity index is 346. The summed E-state index contributed by atoms with van der Waals surface area (Å²) in [6, 6.07) is 4.08. The molecule has 0 bridgehead atoms. The molecular weight excluding hydrogens is 214 g/mol. The number of hydrogen-bond donors (Lipinski definition) is 1. The van der Waals surface area contributed by atoms with Gasteiger partial charge in [0.15, 0.2) is 0 Å². The Hall–Kier alpha value is -1.42. The maximum atomic E-state index is 11.3. The number of amides is 1. The minimum atomic E-state index is 0.184. The molecule has 0 radical (unpaired) electrons. The van der Waals surface area contributed by atoms with Gasteiger partial charge in [-0.25, -0.2) is 0 Å². The first-order valence-electron chi connectivity index (χ1n) is 5.92. The average molecular weight is 235 g/mol. The van der Waals surface area contributed by atoms with E-state index in [4.69, 9.17) is 0 Å². The summed E-state index contributed by atoms with van der Waals surface area (Å²) < 4.78 is 0. The lowest BCUT2D eigenvalue weighted by Gasteiger charge is -2.10. The predicted molar refractivity (Wildman–Crippen MR) is 68.6 cm³/mol. The van der Waals surface area contributed by atoms with Crippen LogP contribution in [0, 0.1) is 6.92 Å². The Morgan fingerprint density at radius 1 is 1.41 bits per heavy atom. The van der Waals surface area contributed by atoms with Gasteiger partial charge in [-0.2, -0.15) is 0 Å². The van der Waals surface area contributed by atoms with Crippen molar-refractivity contribution in [2.75, 3.05) is 20.6 Å². The Kier molecular flexibility index (Phi) is 5.63. The van der Waals surface area contributed by atoms with E-state index in [0.717, 1.165) is 25.2 Å². The molecule has 0 saturated carbocycles. The van der Waals surface area contributed by atoms with Crippen LogP contribution in [0.15, 0.2) is 18.3 Å². The Balaban J connectivity index is 2.12. The summed E-state index contributed by atoms with van der Waals surface area (Å²) in [6.45, 7) is 3.64. The van der Waals surface area contributed by atoms with Gasteiger partial charge in [0, 0.05) is 39.0 Å². The highest BCUT2D eigenvalue weighted by molar-refractivity contribution is 5.75. The van der Waals surface area contributed by atoms with E-state index < -0.39 is 0 Å². The summed E-state index contributed by atoms with van der Waals surface area (Å²) >= 11 is 0. The van der Waals surface area contributed by atoms with Crippen LogP contribution in [0.3, 0.4) is 0 Å². The van der Waals surface area contributed by atoms with E-state index in [0.29, 0.717) is 6.42 Å². The van der Waals surface area contributed by atoms with E-state index >= 15 is 0 Å². The maximum Gasteiger partial charge on any atom is 0.222 e. The fourth-order valence-corrected chi connectivity index (χ4v) is 1.42. The van der Waals surface area contributed by atoms with Crippen molar-refractivity contribution < 1.29 is 4.79 Å². The molecule has 1 aromatic heterocycles. The third-order valence-electron chi connectivity index (χ3n) is 2.54. The smallest absolute Gasteiger partial charge is 0.222 e. The molecule has 1 aromatic rings. The van der Waals surface area contributed by atoms with Crippen molar-refractivity contribution in [3.63, 3.8) is 0 Å². The van der Waals surface area contributed by atoms with Crippen LogP contribution in [0.1, 0.15) is 24.1 Å². The maximum absolute atomic E-state index is 11.3. The predicted octanol–water partition coefficient (Wildman–Crippen LogP) is 1.35. The van der Waals surface area contributed by atoms with E-state index in [2.05, 4.69) is 16.4 Å². The first-order chi connectivity index (χ1) is 8.09. The molecule has 1 N–H and O–H groups in total. The van der Waals surface area contributed by atoms with Crippen LogP contribution < -0.4 is 5.32 Å².